The van der Waals surface area contributed by atoms with Crippen LogP contribution in [0.3, 0.4) is 0 Å². The highest BCUT2D eigenvalue weighted by molar-refractivity contribution is 7.91. The van der Waals surface area contributed by atoms with E-state index < -0.39 is 10.0 Å². The molecule has 0 bridgehead atoms. The Kier molecular flexibility index (Phi) is 6.66. The quantitative estimate of drug-likeness (QED) is 0.710. The van der Waals surface area contributed by atoms with Crippen LogP contribution < -0.4 is 18.9 Å². The van der Waals surface area contributed by atoms with Gasteiger partial charge in [0.15, 0.2) is 11.5 Å². The second-order valence-electron chi connectivity index (χ2n) is 6.53. The predicted octanol–water partition coefficient (Wildman–Crippen LogP) is 2.36. The number of ether oxygens (including phenoxy) is 3. The number of nitrogens with one attached hydrogen (secondary N) is 1. The SMILES string of the molecule is COc1cc(C(=O)N2CCC(NS(=O)(=O)c3cccs3)CC2)cc(OC)c1OC. The first kappa shape index (κ1) is 21.4. The minimum atomic E-state index is -3.51. The molecule has 1 N–H and O–H groups in total. The molecule has 0 aliphatic carbocycles. The Labute approximate surface area is 174 Å². The van der Waals surface area contributed by atoms with Crippen LogP contribution in [-0.4, -0.2) is 59.7 Å². The predicted molar refractivity (Wildman–Crippen MR) is 110 cm³/mol. The minimum absolute atomic E-state index is 0.163. The molecule has 1 aromatic carbocycles. The summed E-state index contributed by atoms with van der Waals surface area (Å²) >= 11 is 1.18. The third-order valence-electron chi connectivity index (χ3n) is 4.78. The molecular formula is C19H24N2O6S2. The number of amides is 1. The smallest absolute Gasteiger partial charge is 0.254 e. The molecular weight excluding hydrogens is 416 g/mol. The van der Waals surface area contributed by atoms with Crippen LogP contribution >= 0.6 is 11.3 Å². The molecule has 1 aliphatic heterocycles. The molecule has 158 valence electrons. The van der Waals surface area contributed by atoms with Crippen molar-refractivity contribution in [1.82, 2.24) is 9.62 Å². The zero-order valence-corrected chi connectivity index (χ0v) is 18.1. The number of rotatable bonds is 7. The topological polar surface area (TPSA) is 94.2 Å². The fourth-order valence-electron chi connectivity index (χ4n) is 3.28. The molecule has 8 nitrogen and oxygen atoms in total. The maximum atomic E-state index is 13.0. The van der Waals surface area contributed by atoms with E-state index in [4.69, 9.17) is 14.2 Å². The zero-order chi connectivity index (χ0) is 21.0. The summed E-state index contributed by atoms with van der Waals surface area (Å²) in [5, 5.41) is 1.73. The van der Waals surface area contributed by atoms with E-state index in [2.05, 4.69) is 4.72 Å². The molecule has 1 fully saturated rings. The van der Waals surface area contributed by atoms with Crippen LogP contribution in [0.2, 0.25) is 0 Å². The van der Waals surface area contributed by atoms with Gasteiger partial charge in [-0.15, -0.1) is 11.3 Å². The number of sulfonamides is 1. The van der Waals surface area contributed by atoms with E-state index in [0.29, 0.717) is 53.0 Å². The van der Waals surface area contributed by atoms with Gasteiger partial charge in [0.1, 0.15) is 4.21 Å². The van der Waals surface area contributed by atoms with Crippen LogP contribution in [0.4, 0.5) is 0 Å². The number of methoxy groups -OCH3 is 3. The van der Waals surface area contributed by atoms with Gasteiger partial charge in [-0.2, -0.15) is 0 Å². The average molecular weight is 441 g/mol. The van der Waals surface area contributed by atoms with Crippen molar-refractivity contribution in [3.63, 3.8) is 0 Å². The van der Waals surface area contributed by atoms with E-state index in [0.717, 1.165) is 0 Å². The van der Waals surface area contributed by atoms with E-state index >= 15 is 0 Å². The normalized spacial score (nSPS) is 15.2. The third kappa shape index (κ3) is 4.65. The first-order chi connectivity index (χ1) is 13.9. The lowest BCUT2D eigenvalue weighted by Gasteiger charge is -2.32. The van der Waals surface area contributed by atoms with Gasteiger partial charge in [0.2, 0.25) is 15.8 Å². The van der Waals surface area contributed by atoms with Crippen molar-refractivity contribution in [3.8, 4) is 17.2 Å². The molecule has 0 spiro atoms. The van der Waals surface area contributed by atoms with Crippen molar-refractivity contribution in [1.29, 1.82) is 0 Å². The highest BCUT2D eigenvalue weighted by Gasteiger charge is 2.28. The summed E-state index contributed by atoms with van der Waals surface area (Å²) in [5.74, 6) is 1.08. The molecule has 1 amide bonds. The van der Waals surface area contributed by atoms with Crippen molar-refractivity contribution >= 4 is 27.3 Å². The number of hydrogen-bond acceptors (Lipinski definition) is 7. The molecule has 10 heteroatoms. The van der Waals surface area contributed by atoms with Crippen molar-refractivity contribution in [3.05, 3.63) is 35.2 Å². The Morgan fingerprint density at radius 2 is 1.72 bits per heavy atom. The second kappa shape index (κ2) is 9.02. The molecule has 0 atom stereocenters. The van der Waals surface area contributed by atoms with Gasteiger partial charge in [-0.05, 0) is 36.4 Å². The Balaban J connectivity index is 1.67. The number of benzene rings is 1. The first-order valence-electron chi connectivity index (χ1n) is 9.04. The van der Waals surface area contributed by atoms with E-state index in [9.17, 15) is 13.2 Å². The zero-order valence-electron chi connectivity index (χ0n) is 16.5. The highest BCUT2D eigenvalue weighted by atomic mass is 32.2. The largest absolute Gasteiger partial charge is 0.493 e. The van der Waals surface area contributed by atoms with Crippen LogP contribution in [0.1, 0.15) is 23.2 Å². The van der Waals surface area contributed by atoms with Gasteiger partial charge >= 0.3 is 0 Å². The number of nitrogens with zero attached hydrogens (tertiary/aromatic N) is 1. The van der Waals surface area contributed by atoms with Crippen LogP contribution in [-0.2, 0) is 10.0 Å². The van der Waals surface area contributed by atoms with Crippen molar-refractivity contribution in [2.75, 3.05) is 34.4 Å². The van der Waals surface area contributed by atoms with Gasteiger partial charge in [-0.3, -0.25) is 4.79 Å². The molecule has 0 saturated carbocycles. The Morgan fingerprint density at radius 3 is 2.21 bits per heavy atom. The van der Waals surface area contributed by atoms with Gasteiger partial charge in [0.25, 0.3) is 5.91 Å². The van der Waals surface area contributed by atoms with Gasteiger partial charge in [0.05, 0.1) is 21.3 Å². The maximum Gasteiger partial charge on any atom is 0.254 e. The lowest BCUT2D eigenvalue weighted by molar-refractivity contribution is 0.0710. The Hall–Kier alpha value is -2.30. The lowest BCUT2D eigenvalue weighted by Crippen LogP contribution is -2.46. The summed E-state index contributed by atoms with van der Waals surface area (Å²) in [6.45, 7) is 0.903. The Morgan fingerprint density at radius 1 is 1.10 bits per heavy atom. The molecule has 3 rings (SSSR count). The van der Waals surface area contributed by atoms with E-state index in [1.807, 2.05) is 0 Å². The van der Waals surface area contributed by atoms with E-state index in [1.54, 1.807) is 34.5 Å². The Bertz CT molecular complexity index is 926. The van der Waals surface area contributed by atoms with Gasteiger partial charge in [0, 0.05) is 24.7 Å². The average Bonchev–Trinajstić information content (AvgIpc) is 3.28. The summed E-state index contributed by atoms with van der Waals surface area (Å²) in [5.41, 5.74) is 0.428. The van der Waals surface area contributed by atoms with Crippen LogP contribution in [0.5, 0.6) is 17.2 Å². The van der Waals surface area contributed by atoms with Gasteiger partial charge < -0.3 is 19.1 Å². The summed E-state index contributed by atoms with van der Waals surface area (Å²) in [6.07, 6.45) is 1.08. The van der Waals surface area contributed by atoms with Crippen LogP contribution in [0.15, 0.2) is 33.9 Å². The molecule has 1 saturated heterocycles. The van der Waals surface area contributed by atoms with Crippen molar-refractivity contribution in [2.45, 2.75) is 23.1 Å². The highest BCUT2D eigenvalue weighted by Crippen LogP contribution is 2.38. The first-order valence-corrected chi connectivity index (χ1v) is 11.4. The molecule has 1 aromatic heterocycles. The summed E-state index contributed by atoms with van der Waals surface area (Å²) in [7, 11) is 0.983. The maximum absolute atomic E-state index is 13.0. The molecule has 2 aromatic rings. The number of thiophene rings is 1. The third-order valence-corrected chi connectivity index (χ3v) is 7.69. The van der Waals surface area contributed by atoms with Crippen LogP contribution in [0.25, 0.3) is 0 Å². The van der Waals surface area contributed by atoms with Gasteiger partial charge in [-0.1, -0.05) is 6.07 Å². The van der Waals surface area contributed by atoms with Gasteiger partial charge in [-0.25, -0.2) is 13.1 Å². The standard InChI is InChI=1S/C19H24N2O6S2/c1-25-15-11-13(12-16(26-2)18(15)27-3)19(22)21-8-6-14(7-9-21)20-29(23,24)17-5-4-10-28-17/h4-5,10-12,14,20H,6-9H2,1-3H3. The molecule has 0 radical (unpaired) electrons. The van der Waals surface area contributed by atoms with Crippen molar-refractivity contribution in [2.24, 2.45) is 0 Å². The molecule has 0 unspecified atom stereocenters. The number of carbonyl (C=O) groups is 1. The fourth-order valence-corrected chi connectivity index (χ4v) is 5.60. The van der Waals surface area contributed by atoms with Crippen LogP contribution in [0, 0.1) is 0 Å². The summed E-state index contributed by atoms with van der Waals surface area (Å²) < 4.78 is 43.7. The fraction of sp³-hybridized carbons (Fsp3) is 0.421. The summed E-state index contributed by atoms with van der Waals surface area (Å²) in [6, 6.07) is 6.32. The monoisotopic (exact) mass is 440 g/mol. The molecule has 2 heterocycles. The number of piperidine rings is 1. The van der Waals surface area contributed by atoms with E-state index in [-0.39, 0.29) is 11.9 Å². The molecule has 1 aliphatic rings. The second-order valence-corrected chi connectivity index (χ2v) is 9.42. The van der Waals surface area contributed by atoms with Crippen molar-refractivity contribution < 1.29 is 27.4 Å². The number of carbonyl (C=O) groups excluding carboxylic acids is 1. The number of likely N-dealkylation sites (tertiary alicyclic amines) is 1. The number of hydrogen-bond donors (Lipinski definition) is 1. The summed E-state index contributed by atoms with van der Waals surface area (Å²) in [4.78, 5) is 14.7. The molecule has 29 heavy (non-hydrogen) atoms. The van der Waals surface area contributed by atoms with E-state index in [1.165, 1.54) is 32.7 Å². The minimum Gasteiger partial charge on any atom is -0.493 e. The lowest BCUT2D eigenvalue weighted by atomic mass is 10.0.